The number of H-pyrrole nitrogens is 1. The zero-order valence-corrected chi connectivity index (χ0v) is 16.8. The van der Waals surface area contributed by atoms with Crippen LogP contribution in [-0.4, -0.2) is 28.8 Å². The van der Waals surface area contributed by atoms with E-state index in [9.17, 15) is 15.2 Å². The van der Waals surface area contributed by atoms with Gasteiger partial charge in [0.15, 0.2) is 0 Å². The summed E-state index contributed by atoms with van der Waals surface area (Å²) in [6.45, 7) is 7.07. The van der Waals surface area contributed by atoms with Crippen LogP contribution in [0.5, 0.6) is 0 Å². The van der Waals surface area contributed by atoms with Gasteiger partial charge in [-0.2, -0.15) is 5.26 Å². The third kappa shape index (κ3) is 4.06. The molecule has 1 unspecified atom stereocenters. The van der Waals surface area contributed by atoms with Crippen LogP contribution in [0.25, 0.3) is 10.9 Å². The fourth-order valence-electron chi connectivity index (χ4n) is 3.93. The molecule has 6 nitrogen and oxygen atoms in total. The Morgan fingerprint density at radius 2 is 2.29 bits per heavy atom. The highest BCUT2D eigenvalue weighted by Gasteiger charge is 2.29. The third-order valence-corrected chi connectivity index (χ3v) is 5.24. The van der Waals surface area contributed by atoms with Gasteiger partial charge in [-0.1, -0.05) is 13.3 Å². The molecule has 0 saturated heterocycles. The molecule has 6 heteroatoms. The van der Waals surface area contributed by atoms with E-state index < -0.39 is 12.1 Å². The van der Waals surface area contributed by atoms with Crippen LogP contribution in [0.4, 0.5) is 0 Å². The SMILES string of the molecule is CCCCc1c(COC(C)C)cc(C#N)c2c3c([nH]c12)C(CC(=O)O)OCC3. The van der Waals surface area contributed by atoms with Gasteiger partial charge in [0.2, 0.25) is 0 Å². The van der Waals surface area contributed by atoms with Gasteiger partial charge >= 0.3 is 5.97 Å². The van der Waals surface area contributed by atoms with Gasteiger partial charge in [-0.05, 0) is 55.9 Å². The van der Waals surface area contributed by atoms with E-state index in [0.29, 0.717) is 25.2 Å². The highest BCUT2D eigenvalue weighted by molar-refractivity contribution is 5.94. The molecule has 28 heavy (non-hydrogen) atoms. The maximum Gasteiger partial charge on any atom is 0.306 e. The Bertz CT molecular complexity index is 908. The molecule has 0 fully saturated rings. The first-order valence-corrected chi connectivity index (χ1v) is 10.0. The van der Waals surface area contributed by atoms with Crippen LogP contribution in [0.2, 0.25) is 0 Å². The topological polar surface area (TPSA) is 95.3 Å². The van der Waals surface area contributed by atoms with Crippen LogP contribution in [0.3, 0.4) is 0 Å². The average Bonchev–Trinajstić information content (AvgIpc) is 3.04. The van der Waals surface area contributed by atoms with Crippen molar-refractivity contribution in [3.63, 3.8) is 0 Å². The number of unbranched alkanes of at least 4 members (excludes halogenated alkanes) is 1. The zero-order chi connectivity index (χ0) is 20.3. The number of aliphatic carboxylic acids is 1. The van der Waals surface area contributed by atoms with E-state index >= 15 is 0 Å². The van der Waals surface area contributed by atoms with Crippen molar-refractivity contribution in [1.82, 2.24) is 4.98 Å². The highest BCUT2D eigenvalue weighted by Crippen LogP contribution is 2.39. The van der Waals surface area contributed by atoms with Gasteiger partial charge in [-0.25, -0.2) is 0 Å². The summed E-state index contributed by atoms with van der Waals surface area (Å²) in [7, 11) is 0. The number of nitrogens with zero attached hydrogens (tertiary/aromatic N) is 1. The van der Waals surface area contributed by atoms with Crippen molar-refractivity contribution in [3.8, 4) is 6.07 Å². The van der Waals surface area contributed by atoms with Gasteiger partial charge in [0, 0.05) is 11.1 Å². The van der Waals surface area contributed by atoms with Crippen LogP contribution in [0, 0.1) is 11.3 Å². The fraction of sp³-hybridized carbons (Fsp3) is 0.545. The van der Waals surface area contributed by atoms with Gasteiger partial charge in [0.05, 0.1) is 42.9 Å². The lowest BCUT2D eigenvalue weighted by molar-refractivity contribution is -0.140. The van der Waals surface area contributed by atoms with Crippen LogP contribution in [0.15, 0.2) is 6.07 Å². The molecule has 0 bridgehead atoms. The minimum Gasteiger partial charge on any atom is -0.481 e. The summed E-state index contributed by atoms with van der Waals surface area (Å²) in [5.41, 5.74) is 5.59. The summed E-state index contributed by atoms with van der Waals surface area (Å²) in [6, 6.07) is 4.29. The standard InChI is InChI=1S/C22H28N2O4/c1-4-5-6-16-15(12-28-13(2)3)9-14(11-23)20-17-7-8-27-18(10-19(25)26)21(17)24-22(16)20/h9,13,18,24H,4-8,10,12H2,1-3H3,(H,25,26). The van der Waals surface area contributed by atoms with Crippen molar-refractivity contribution in [2.75, 3.05) is 6.61 Å². The number of nitrogens with one attached hydrogen (secondary N) is 1. The van der Waals surface area contributed by atoms with Gasteiger partial charge < -0.3 is 19.6 Å². The number of nitriles is 1. The van der Waals surface area contributed by atoms with Crippen LogP contribution < -0.4 is 0 Å². The molecule has 150 valence electrons. The van der Waals surface area contributed by atoms with Gasteiger partial charge in [-0.15, -0.1) is 0 Å². The number of carbonyl (C=O) groups is 1. The second-order valence-corrected chi connectivity index (χ2v) is 7.61. The number of carboxylic acid groups (broad SMARTS) is 1. The Hall–Kier alpha value is -2.36. The Morgan fingerprint density at radius 1 is 1.50 bits per heavy atom. The Kier molecular flexibility index (Phi) is 6.38. The molecule has 0 saturated carbocycles. The number of ether oxygens (including phenoxy) is 2. The van der Waals surface area contributed by atoms with E-state index in [1.54, 1.807) is 0 Å². The quantitative estimate of drug-likeness (QED) is 0.703. The normalized spacial score (nSPS) is 16.3. The lowest BCUT2D eigenvalue weighted by Crippen LogP contribution is -2.18. The molecule has 0 amide bonds. The van der Waals surface area contributed by atoms with Crippen molar-refractivity contribution in [2.45, 2.75) is 71.7 Å². The van der Waals surface area contributed by atoms with E-state index in [-0.39, 0.29) is 12.5 Å². The molecule has 1 aromatic heterocycles. The minimum atomic E-state index is -0.894. The molecule has 0 spiro atoms. The molecule has 1 aliphatic heterocycles. The Labute approximate surface area is 165 Å². The zero-order valence-electron chi connectivity index (χ0n) is 16.8. The first-order valence-electron chi connectivity index (χ1n) is 10.0. The van der Waals surface area contributed by atoms with E-state index in [1.165, 1.54) is 5.56 Å². The molecular weight excluding hydrogens is 356 g/mol. The summed E-state index contributed by atoms with van der Waals surface area (Å²) >= 11 is 0. The van der Waals surface area contributed by atoms with E-state index in [1.807, 2.05) is 19.9 Å². The monoisotopic (exact) mass is 384 g/mol. The van der Waals surface area contributed by atoms with Crippen LogP contribution in [0.1, 0.15) is 74.1 Å². The van der Waals surface area contributed by atoms with Crippen molar-refractivity contribution in [2.24, 2.45) is 0 Å². The second-order valence-electron chi connectivity index (χ2n) is 7.61. The average molecular weight is 384 g/mol. The number of hydrogen-bond acceptors (Lipinski definition) is 4. The molecule has 1 aromatic carbocycles. The smallest absolute Gasteiger partial charge is 0.306 e. The summed E-state index contributed by atoms with van der Waals surface area (Å²) in [5.74, 6) is -0.894. The number of aryl methyl sites for hydroxylation is 1. The van der Waals surface area contributed by atoms with Crippen molar-refractivity contribution >= 4 is 16.9 Å². The van der Waals surface area contributed by atoms with Crippen molar-refractivity contribution in [3.05, 3.63) is 34.0 Å². The summed E-state index contributed by atoms with van der Waals surface area (Å²) in [5, 5.41) is 20.0. The van der Waals surface area contributed by atoms with Gasteiger partial charge in [0.1, 0.15) is 6.10 Å². The van der Waals surface area contributed by atoms with E-state index in [2.05, 4.69) is 18.0 Å². The first kappa shape index (κ1) is 20.4. The van der Waals surface area contributed by atoms with Crippen molar-refractivity contribution in [1.29, 1.82) is 5.26 Å². The molecule has 2 heterocycles. The summed E-state index contributed by atoms with van der Waals surface area (Å²) < 4.78 is 11.6. The first-order chi connectivity index (χ1) is 13.5. The molecule has 2 N–H and O–H groups in total. The van der Waals surface area contributed by atoms with Crippen LogP contribution >= 0.6 is 0 Å². The largest absolute Gasteiger partial charge is 0.481 e. The summed E-state index contributed by atoms with van der Waals surface area (Å²) in [6.07, 6.45) is 3.18. The molecule has 3 rings (SSSR count). The minimum absolute atomic E-state index is 0.0880. The maximum absolute atomic E-state index is 11.3. The maximum atomic E-state index is 11.3. The second kappa shape index (κ2) is 8.76. The molecule has 1 atom stereocenters. The lowest BCUT2D eigenvalue weighted by Gasteiger charge is -2.22. The van der Waals surface area contributed by atoms with Gasteiger partial charge in [0.25, 0.3) is 0 Å². The Morgan fingerprint density at radius 3 is 2.93 bits per heavy atom. The Balaban J connectivity index is 2.19. The number of benzene rings is 1. The number of carboxylic acids is 1. The predicted molar refractivity (Wildman–Crippen MR) is 106 cm³/mol. The van der Waals surface area contributed by atoms with E-state index in [4.69, 9.17) is 9.47 Å². The number of hydrogen-bond donors (Lipinski definition) is 2. The molecule has 0 radical (unpaired) electrons. The number of fused-ring (bicyclic) bond motifs is 3. The highest BCUT2D eigenvalue weighted by atomic mass is 16.5. The summed E-state index contributed by atoms with van der Waals surface area (Å²) in [4.78, 5) is 14.7. The molecular formula is C22H28N2O4. The number of rotatable bonds is 8. The molecule has 2 aromatic rings. The van der Waals surface area contributed by atoms with Crippen molar-refractivity contribution < 1.29 is 19.4 Å². The third-order valence-electron chi connectivity index (χ3n) is 5.24. The van der Waals surface area contributed by atoms with E-state index in [0.717, 1.165) is 47.0 Å². The predicted octanol–water partition coefficient (Wildman–Crippen LogP) is 4.40. The molecule has 1 aliphatic rings. The number of aromatic amines is 1. The molecule has 0 aliphatic carbocycles. The lowest BCUT2D eigenvalue weighted by atomic mass is 9.92. The van der Waals surface area contributed by atoms with Gasteiger partial charge in [-0.3, -0.25) is 4.79 Å². The number of aromatic nitrogens is 1. The fourth-order valence-corrected chi connectivity index (χ4v) is 3.93. The van der Waals surface area contributed by atoms with Crippen LogP contribution in [-0.2, 0) is 33.7 Å².